The highest BCUT2D eigenvalue weighted by Crippen LogP contribution is 2.38. The van der Waals surface area contributed by atoms with E-state index in [1.54, 1.807) is 0 Å². The molecule has 1 atom stereocenters. The van der Waals surface area contributed by atoms with Gasteiger partial charge in [-0.3, -0.25) is 0 Å². The van der Waals surface area contributed by atoms with Gasteiger partial charge in [0.25, 0.3) is 0 Å². The van der Waals surface area contributed by atoms with E-state index in [4.69, 9.17) is 4.74 Å². The predicted octanol–water partition coefficient (Wildman–Crippen LogP) is 4.31. The van der Waals surface area contributed by atoms with Gasteiger partial charge in [-0.25, -0.2) is 0 Å². The summed E-state index contributed by atoms with van der Waals surface area (Å²) >= 11 is 3.48. The third-order valence-electron chi connectivity index (χ3n) is 3.41. The normalized spacial score (nSPS) is 16.6. The zero-order valence-electron chi connectivity index (χ0n) is 10.5. The lowest BCUT2D eigenvalue weighted by atomic mass is 9.89. The number of aryl methyl sites for hydroxylation is 1. The van der Waals surface area contributed by atoms with Crippen LogP contribution >= 0.6 is 15.9 Å². The Hall–Kier alpha value is -1.79. The van der Waals surface area contributed by atoms with Gasteiger partial charge in [0, 0.05) is 10.0 Å². The van der Waals surface area contributed by atoms with E-state index >= 15 is 0 Å². The van der Waals surface area contributed by atoms with Crippen LogP contribution in [0.3, 0.4) is 0 Å². The van der Waals surface area contributed by atoms with Crippen LogP contribution in [0.5, 0.6) is 5.75 Å². The van der Waals surface area contributed by atoms with Crippen LogP contribution in [0.2, 0.25) is 0 Å². The van der Waals surface area contributed by atoms with E-state index in [-0.39, 0.29) is 5.92 Å². The highest BCUT2D eigenvalue weighted by molar-refractivity contribution is 9.10. The fraction of sp³-hybridized carbons (Fsp3) is 0.188. The quantitative estimate of drug-likeness (QED) is 0.726. The zero-order chi connectivity index (χ0) is 13.4. The van der Waals surface area contributed by atoms with Crippen LogP contribution in [0.1, 0.15) is 28.2 Å². The summed E-state index contributed by atoms with van der Waals surface area (Å²) < 4.78 is 6.82. The molecule has 3 heteroatoms. The van der Waals surface area contributed by atoms with Crippen molar-refractivity contribution < 1.29 is 4.74 Å². The molecule has 2 aromatic carbocycles. The molecule has 0 N–H and O–H groups in total. The van der Waals surface area contributed by atoms with Crippen molar-refractivity contribution in [1.82, 2.24) is 0 Å². The number of benzene rings is 2. The van der Waals surface area contributed by atoms with Gasteiger partial charge < -0.3 is 4.74 Å². The molecular weight excluding hydrogens is 302 g/mol. The van der Waals surface area contributed by atoms with Crippen LogP contribution in [0.25, 0.3) is 0 Å². The van der Waals surface area contributed by atoms with Gasteiger partial charge >= 0.3 is 0 Å². The van der Waals surface area contributed by atoms with Gasteiger partial charge in [-0.15, -0.1) is 0 Å². The number of rotatable bonds is 0. The van der Waals surface area contributed by atoms with Gasteiger partial charge in [0.15, 0.2) is 0 Å². The van der Waals surface area contributed by atoms with Crippen LogP contribution < -0.4 is 4.74 Å². The first-order valence-electron chi connectivity index (χ1n) is 6.10. The van der Waals surface area contributed by atoms with Crippen molar-refractivity contribution in [3.63, 3.8) is 0 Å². The lowest BCUT2D eigenvalue weighted by Gasteiger charge is -2.12. The van der Waals surface area contributed by atoms with Crippen LogP contribution in [0.15, 0.2) is 40.9 Å². The van der Waals surface area contributed by atoms with Crippen molar-refractivity contribution in [2.45, 2.75) is 19.4 Å². The Morgan fingerprint density at radius 2 is 2.05 bits per heavy atom. The van der Waals surface area contributed by atoms with Gasteiger partial charge in [0.05, 0.1) is 6.07 Å². The van der Waals surface area contributed by atoms with Crippen LogP contribution in [0.4, 0.5) is 0 Å². The fourth-order valence-electron chi connectivity index (χ4n) is 2.45. The molecule has 0 bridgehead atoms. The molecule has 0 spiro atoms. The molecule has 94 valence electrons. The molecular formula is C16H12BrNO. The van der Waals surface area contributed by atoms with Crippen molar-refractivity contribution in [3.8, 4) is 11.8 Å². The fourth-order valence-corrected chi connectivity index (χ4v) is 2.83. The van der Waals surface area contributed by atoms with E-state index in [2.05, 4.69) is 22.0 Å². The molecule has 0 aliphatic carbocycles. The van der Waals surface area contributed by atoms with E-state index in [1.807, 2.05) is 43.3 Å². The topological polar surface area (TPSA) is 33.0 Å². The van der Waals surface area contributed by atoms with Crippen molar-refractivity contribution in [2.24, 2.45) is 0 Å². The van der Waals surface area contributed by atoms with E-state index in [0.29, 0.717) is 6.61 Å². The molecule has 2 aromatic rings. The first-order valence-corrected chi connectivity index (χ1v) is 6.89. The summed E-state index contributed by atoms with van der Waals surface area (Å²) in [4.78, 5) is 0. The maximum absolute atomic E-state index is 9.57. The number of ether oxygens (including phenoxy) is 1. The highest BCUT2D eigenvalue weighted by Gasteiger charge is 2.24. The molecule has 0 saturated carbocycles. The molecule has 1 aliphatic heterocycles. The van der Waals surface area contributed by atoms with Crippen LogP contribution in [-0.2, 0) is 6.61 Å². The molecule has 1 unspecified atom stereocenters. The molecule has 1 aliphatic rings. The summed E-state index contributed by atoms with van der Waals surface area (Å²) in [6.07, 6.45) is 0. The summed E-state index contributed by atoms with van der Waals surface area (Å²) in [6.45, 7) is 2.54. The van der Waals surface area contributed by atoms with E-state index in [1.165, 1.54) is 0 Å². The lowest BCUT2D eigenvalue weighted by Crippen LogP contribution is -2.00. The summed E-state index contributed by atoms with van der Waals surface area (Å²) in [7, 11) is 0. The van der Waals surface area contributed by atoms with Gasteiger partial charge in [-0.2, -0.15) is 5.26 Å². The minimum Gasteiger partial charge on any atom is -0.489 e. The molecule has 2 nitrogen and oxygen atoms in total. The standard InChI is InChI=1S/C16H12BrNO/c1-10-2-5-16-14(6-10)15(8-18)13-7-12(17)4-3-11(13)9-19-16/h2-7,15H,9H2,1H3. The van der Waals surface area contributed by atoms with E-state index in [0.717, 1.165) is 32.5 Å². The third kappa shape index (κ3) is 2.13. The van der Waals surface area contributed by atoms with E-state index < -0.39 is 0 Å². The Balaban J connectivity index is 2.24. The Bertz CT molecular complexity index is 634. The van der Waals surface area contributed by atoms with Crippen LogP contribution in [-0.4, -0.2) is 0 Å². The van der Waals surface area contributed by atoms with Gasteiger partial charge in [0.1, 0.15) is 18.3 Å². The number of nitrogens with zero attached hydrogens (tertiary/aromatic N) is 1. The molecule has 0 saturated heterocycles. The molecule has 0 fully saturated rings. The Kier molecular flexibility index (Phi) is 3.04. The first-order chi connectivity index (χ1) is 9.19. The SMILES string of the molecule is Cc1ccc2c(c1)C(C#N)c1cc(Br)ccc1CO2. The number of hydrogen-bond donors (Lipinski definition) is 0. The summed E-state index contributed by atoms with van der Waals surface area (Å²) in [5.74, 6) is 0.536. The molecule has 1 heterocycles. The number of halogens is 1. The second-order valence-electron chi connectivity index (χ2n) is 4.74. The lowest BCUT2D eigenvalue weighted by molar-refractivity contribution is 0.307. The largest absolute Gasteiger partial charge is 0.489 e. The van der Waals surface area contributed by atoms with Gasteiger partial charge in [0.2, 0.25) is 0 Å². The Labute approximate surface area is 120 Å². The molecule has 0 radical (unpaired) electrons. The predicted molar refractivity (Wildman–Crippen MR) is 77.1 cm³/mol. The molecule has 19 heavy (non-hydrogen) atoms. The summed E-state index contributed by atoms with van der Waals surface area (Å²) in [6, 6.07) is 14.4. The Morgan fingerprint density at radius 1 is 1.21 bits per heavy atom. The maximum atomic E-state index is 9.57. The maximum Gasteiger partial charge on any atom is 0.124 e. The zero-order valence-corrected chi connectivity index (χ0v) is 12.1. The highest BCUT2D eigenvalue weighted by atomic mass is 79.9. The second-order valence-corrected chi connectivity index (χ2v) is 5.65. The molecule has 0 aromatic heterocycles. The van der Waals surface area contributed by atoms with Crippen molar-refractivity contribution in [3.05, 3.63) is 63.1 Å². The second kappa shape index (κ2) is 4.71. The van der Waals surface area contributed by atoms with Gasteiger partial charge in [-0.1, -0.05) is 39.7 Å². The molecule has 3 rings (SSSR count). The number of nitriles is 1. The minimum absolute atomic E-state index is 0.273. The summed E-state index contributed by atoms with van der Waals surface area (Å²) in [5.41, 5.74) is 4.20. The third-order valence-corrected chi connectivity index (χ3v) is 3.90. The molecule has 0 amide bonds. The van der Waals surface area contributed by atoms with Crippen molar-refractivity contribution >= 4 is 15.9 Å². The van der Waals surface area contributed by atoms with E-state index in [9.17, 15) is 5.26 Å². The number of fused-ring (bicyclic) bond motifs is 2. The summed E-state index contributed by atoms with van der Waals surface area (Å²) in [5, 5.41) is 9.57. The average Bonchev–Trinajstić information content (AvgIpc) is 2.54. The average molecular weight is 314 g/mol. The van der Waals surface area contributed by atoms with Crippen molar-refractivity contribution in [1.29, 1.82) is 5.26 Å². The smallest absolute Gasteiger partial charge is 0.124 e. The number of hydrogen-bond acceptors (Lipinski definition) is 2. The van der Waals surface area contributed by atoms with Crippen LogP contribution in [0, 0.1) is 18.3 Å². The van der Waals surface area contributed by atoms with Gasteiger partial charge in [-0.05, 0) is 36.2 Å². The van der Waals surface area contributed by atoms with Crippen molar-refractivity contribution in [2.75, 3.05) is 0 Å². The minimum atomic E-state index is -0.273. The Morgan fingerprint density at radius 3 is 2.84 bits per heavy atom. The monoisotopic (exact) mass is 313 g/mol. The first kappa shape index (κ1) is 12.3.